The summed E-state index contributed by atoms with van der Waals surface area (Å²) >= 11 is 0. The molecule has 0 radical (unpaired) electrons. The fraction of sp³-hybridized carbons (Fsp3) is 0.656. The molecule has 1 spiro atoms. The quantitative estimate of drug-likeness (QED) is 0.226. The molecule has 10 nitrogen and oxygen atoms in total. The highest BCUT2D eigenvalue weighted by Gasteiger charge is 2.78. The Balaban J connectivity index is 1.72. The number of methoxy groups -OCH3 is 1. The average molecular weight is 587 g/mol. The summed E-state index contributed by atoms with van der Waals surface area (Å²) in [7, 11) is 1.32. The number of furan rings is 1. The molecule has 3 heterocycles. The van der Waals surface area contributed by atoms with Gasteiger partial charge in [0.25, 0.3) is 0 Å². The summed E-state index contributed by atoms with van der Waals surface area (Å²) in [6.45, 7) is 15.4. The van der Waals surface area contributed by atoms with Gasteiger partial charge in [0.15, 0.2) is 12.2 Å². The lowest BCUT2D eigenvalue weighted by Gasteiger charge is -2.72. The van der Waals surface area contributed by atoms with Gasteiger partial charge in [0.1, 0.15) is 17.8 Å². The lowest BCUT2D eigenvalue weighted by Crippen LogP contribution is -2.79. The predicted octanol–water partition coefficient (Wildman–Crippen LogP) is 3.81. The SMILES string of the molecule is C=C1[C@@H]2CC[C@@]3(C)[C@H](c4ccoc4)OC(=O)[C@@H](O)[C@]13O[C@H]1[C@@H](OC(=O)C(C)=CC)[C@@H](O)C(C)(C)[C@H](CC(=O)OC)[C@@]21C. The number of hydrogen-bond acceptors (Lipinski definition) is 10. The fourth-order valence-electron chi connectivity index (χ4n) is 8.72. The van der Waals surface area contributed by atoms with Gasteiger partial charge in [-0.1, -0.05) is 40.3 Å². The third kappa shape index (κ3) is 3.84. The van der Waals surface area contributed by atoms with Gasteiger partial charge in [0.05, 0.1) is 25.7 Å². The highest BCUT2D eigenvalue weighted by atomic mass is 16.6. The zero-order chi connectivity index (χ0) is 31.0. The summed E-state index contributed by atoms with van der Waals surface area (Å²) < 4.78 is 29.3. The number of aliphatic hydroxyl groups is 2. The zero-order valence-electron chi connectivity index (χ0n) is 25.3. The number of rotatable bonds is 5. The van der Waals surface area contributed by atoms with Crippen molar-refractivity contribution in [3.8, 4) is 0 Å². The van der Waals surface area contributed by atoms with Crippen molar-refractivity contribution < 1.29 is 48.0 Å². The minimum atomic E-state index is -1.73. The van der Waals surface area contributed by atoms with Crippen molar-refractivity contribution in [1.29, 1.82) is 0 Å². The first-order valence-electron chi connectivity index (χ1n) is 14.5. The molecule has 1 aromatic rings. The monoisotopic (exact) mass is 586 g/mol. The first kappa shape index (κ1) is 30.5. The molecule has 10 atom stereocenters. The molecular weight excluding hydrogens is 544 g/mol. The smallest absolute Gasteiger partial charge is 0.339 e. The molecule has 2 aliphatic carbocycles. The Morgan fingerprint density at radius 1 is 1.21 bits per heavy atom. The molecule has 42 heavy (non-hydrogen) atoms. The maximum absolute atomic E-state index is 13.4. The first-order chi connectivity index (χ1) is 19.6. The number of ether oxygens (including phenoxy) is 4. The van der Waals surface area contributed by atoms with Crippen LogP contribution in [0.15, 0.2) is 46.8 Å². The Hall–Kier alpha value is -2.95. The highest BCUT2D eigenvalue weighted by Crippen LogP contribution is 2.72. The van der Waals surface area contributed by atoms with Gasteiger partial charge in [-0.25, -0.2) is 9.59 Å². The minimum absolute atomic E-state index is 0.0260. The second-order valence-electron chi connectivity index (χ2n) is 13.4. The number of carbonyl (C=O) groups is 3. The van der Waals surface area contributed by atoms with Gasteiger partial charge in [-0.3, -0.25) is 4.79 Å². The Bertz CT molecular complexity index is 1310. The Kier molecular flexibility index (Phi) is 7.31. The van der Waals surface area contributed by atoms with Crippen molar-refractivity contribution in [2.24, 2.45) is 28.1 Å². The van der Waals surface area contributed by atoms with E-state index in [1.54, 1.807) is 26.0 Å². The van der Waals surface area contributed by atoms with Crippen LogP contribution < -0.4 is 0 Å². The van der Waals surface area contributed by atoms with Crippen LogP contribution in [-0.2, 0) is 33.3 Å². The molecule has 0 unspecified atom stereocenters. The van der Waals surface area contributed by atoms with Crippen LogP contribution in [0.25, 0.3) is 0 Å². The van der Waals surface area contributed by atoms with Gasteiger partial charge in [0.2, 0.25) is 0 Å². The molecule has 0 amide bonds. The molecule has 4 aliphatic rings. The summed E-state index contributed by atoms with van der Waals surface area (Å²) in [5, 5.41) is 23.6. The molecular formula is C32H42O10. The van der Waals surface area contributed by atoms with Crippen LogP contribution in [0.5, 0.6) is 0 Å². The predicted molar refractivity (Wildman–Crippen MR) is 148 cm³/mol. The molecule has 2 bridgehead atoms. The van der Waals surface area contributed by atoms with Crippen LogP contribution in [0.2, 0.25) is 0 Å². The summed E-state index contributed by atoms with van der Waals surface area (Å²) in [4.78, 5) is 39.3. The molecule has 0 aromatic carbocycles. The maximum Gasteiger partial charge on any atom is 0.339 e. The molecule has 2 saturated carbocycles. The second kappa shape index (κ2) is 10.1. The van der Waals surface area contributed by atoms with E-state index in [2.05, 4.69) is 6.58 Å². The fourth-order valence-corrected chi connectivity index (χ4v) is 8.72. The van der Waals surface area contributed by atoms with E-state index in [0.717, 1.165) is 0 Å². The number of allylic oxidation sites excluding steroid dienone is 1. The van der Waals surface area contributed by atoms with Crippen LogP contribution in [0.4, 0.5) is 0 Å². The van der Waals surface area contributed by atoms with E-state index in [0.29, 0.717) is 29.6 Å². The Morgan fingerprint density at radius 3 is 2.50 bits per heavy atom. The normalized spacial score (nSPS) is 42.6. The van der Waals surface area contributed by atoms with Crippen molar-refractivity contribution >= 4 is 17.9 Å². The Morgan fingerprint density at radius 2 is 1.90 bits per heavy atom. The van der Waals surface area contributed by atoms with Gasteiger partial charge < -0.3 is 33.6 Å². The molecule has 1 aromatic heterocycles. The lowest BCUT2D eigenvalue weighted by molar-refractivity contribution is -0.354. The summed E-state index contributed by atoms with van der Waals surface area (Å²) in [6, 6.07) is 1.71. The third-order valence-corrected chi connectivity index (χ3v) is 11.3. The van der Waals surface area contributed by atoms with Crippen molar-refractivity contribution in [1.82, 2.24) is 0 Å². The van der Waals surface area contributed by atoms with Crippen LogP contribution in [-0.4, -0.2) is 65.2 Å². The molecule has 2 N–H and O–H groups in total. The topological polar surface area (TPSA) is 142 Å². The van der Waals surface area contributed by atoms with E-state index in [4.69, 9.17) is 23.4 Å². The van der Waals surface area contributed by atoms with Crippen molar-refractivity contribution in [3.05, 3.63) is 48.0 Å². The number of cyclic esters (lactones) is 1. The summed E-state index contributed by atoms with van der Waals surface area (Å²) in [5.41, 5.74) is -3.02. The van der Waals surface area contributed by atoms with E-state index in [1.165, 1.54) is 19.6 Å². The van der Waals surface area contributed by atoms with Gasteiger partial charge in [-0.05, 0) is 55.6 Å². The van der Waals surface area contributed by atoms with Crippen LogP contribution >= 0.6 is 0 Å². The number of aliphatic hydroxyl groups excluding tert-OH is 2. The number of fused-ring (bicyclic) bond motifs is 3. The largest absolute Gasteiger partial charge is 0.472 e. The molecule has 230 valence electrons. The van der Waals surface area contributed by atoms with Gasteiger partial charge >= 0.3 is 17.9 Å². The van der Waals surface area contributed by atoms with Crippen LogP contribution in [0, 0.1) is 28.1 Å². The highest BCUT2D eigenvalue weighted by molar-refractivity contribution is 5.87. The molecule has 10 heteroatoms. The molecule has 2 saturated heterocycles. The molecule has 2 aliphatic heterocycles. The average Bonchev–Trinajstić information content (AvgIpc) is 3.48. The summed E-state index contributed by atoms with van der Waals surface area (Å²) in [6.07, 6.45) is -0.404. The molecule has 5 rings (SSSR count). The second-order valence-corrected chi connectivity index (χ2v) is 13.4. The number of carbonyl (C=O) groups excluding carboxylic acids is 3. The van der Waals surface area contributed by atoms with Crippen molar-refractivity contribution in [2.75, 3.05) is 7.11 Å². The van der Waals surface area contributed by atoms with Gasteiger partial charge in [-0.2, -0.15) is 0 Å². The minimum Gasteiger partial charge on any atom is -0.472 e. The van der Waals surface area contributed by atoms with Crippen LogP contribution in [0.1, 0.15) is 72.5 Å². The van der Waals surface area contributed by atoms with Crippen molar-refractivity contribution in [3.63, 3.8) is 0 Å². The van der Waals surface area contributed by atoms with Crippen LogP contribution in [0.3, 0.4) is 0 Å². The van der Waals surface area contributed by atoms with Crippen molar-refractivity contribution in [2.45, 2.75) is 96.9 Å². The summed E-state index contributed by atoms with van der Waals surface area (Å²) in [5.74, 6) is -2.82. The van der Waals surface area contributed by atoms with E-state index in [-0.39, 0.29) is 12.3 Å². The Labute approximate surface area is 246 Å². The maximum atomic E-state index is 13.4. The molecule has 4 fully saturated rings. The van der Waals surface area contributed by atoms with E-state index in [1.807, 2.05) is 27.7 Å². The van der Waals surface area contributed by atoms with E-state index >= 15 is 0 Å². The van der Waals surface area contributed by atoms with Gasteiger partial charge in [-0.15, -0.1) is 0 Å². The standard InChI is InChI=1S/C32H42O10/c1-9-16(2)27(36)40-22-23(34)29(4,5)20(14-21(33)38-8)31(7)19-10-12-30(6)25(18-11-13-39-15-18)41-28(37)24(35)32(30,17(19)3)42-26(22)31/h9,11,13,15,19-20,22-26,34-35H,3,10,12,14H2,1-2,4-8H3/t19-,20-,22-,23+,24+,25-,26-,30-,31+,32+/m0/s1. The van der Waals surface area contributed by atoms with Gasteiger partial charge in [0, 0.05) is 28.4 Å². The first-order valence-corrected chi connectivity index (χ1v) is 14.5. The lowest BCUT2D eigenvalue weighted by atomic mass is 9.40. The van der Waals surface area contributed by atoms with E-state index in [9.17, 15) is 24.6 Å². The number of hydrogen-bond donors (Lipinski definition) is 2. The van der Waals surface area contributed by atoms with E-state index < -0.39 is 76.2 Å². The number of esters is 3. The third-order valence-electron chi connectivity index (χ3n) is 11.3. The zero-order valence-corrected chi connectivity index (χ0v) is 25.3.